The minimum atomic E-state index is -5.08. The SMILES string of the molecule is O=C(NCCO)c1cc(Nc2ccc3[nH]ncc3c2)ccn1.O=C(O)C(F)(F)F. The molecule has 1 aromatic carbocycles. The number of halogens is 3. The first kappa shape index (κ1) is 21.6. The van der Waals surface area contributed by atoms with Crippen molar-refractivity contribution in [1.82, 2.24) is 20.5 Å². The molecule has 0 bridgehead atoms. The van der Waals surface area contributed by atoms with E-state index >= 15 is 0 Å². The highest BCUT2D eigenvalue weighted by Crippen LogP contribution is 2.21. The molecule has 0 radical (unpaired) electrons. The summed E-state index contributed by atoms with van der Waals surface area (Å²) in [6.45, 7) is 0.101. The molecule has 0 saturated heterocycles. The number of nitrogens with one attached hydrogen (secondary N) is 3. The summed E-state index contributed by atoms with van der Waals surface area (Å²) in [5.41, 5.74) is 2.90. The summed E-state index contributed by atoms with van der Waals surface area (Å²) in [4.78, 5) is 24.7. The summed E-state index contributed by atoms with van der Waals surface area (Å²) >= 11 is 0. The zero-order chi connectivity index (χ0) is 21.4. The highest BCUT2D eigenvalue weighted by atomic mass is 19.4. The fourth-order valence-corrected chi connectivity index (χ4v) is 2.08. The van der Waals surface area contributed by atoms with Crippen molar-refractivity contribution in [3.05, 3.63) is 48.4 Å². The summed E-state index contributed by atoms with van der Waals surface area (Å²) in [6.07, 6.45) is -1.77. The predicted molar refractivity (Wildman–Crippen MR) is 96.7 cm³/mol. The molecule has 154 valence electrons. The molecule has 1 amide bonds. The van der Waals surface area contributed by atoms with Crippen molar-refractivity contribution in [2.75, 3.05) is 18.5 Å². The van der Waals surface area contributed by atoms with Gasteiger partial charge in [-0.3, -0.25) is 14.9 Å². The molecule has 0 saturated carbocycles. The fourth-order valence-electron chi connectivity index (χ4n) is 2.08. The minimum Gasteiger partial charge on any atom is -0.475 e. The number of aliphatic carboxylic acids is 1. The van der Waals surface area contributed by atoms with Crippen LogP contribution in [0, 0.1) is 0 Å². The molecule has 0 fully saturated rings. The van der Waals surface area contributed by atoms with Crippen LogP contribution in [0.1, 0.15) is 10.5 Å². The van der Waals surface area contributed by atoms with E-state index in [1.54, 1.807) is 24.5 Å². The smallest absolute Gasteiger partial charge is 0.475 e. The van der Waals surface area contributed by atoms with Crippen LogP contribution >= 0.6 is 0 Å². The first-order valence-electron chi connectivity index (χ1n) is 8.06. The molecule has 0 spiro atoms. The van der Waals surface area contributed by atoms with Crippen LogP contribution in [0.4, 0.5) is 24.5 Å². The third kappa shape index (κ3) is 6.46. The summed E-state index contributed by atoms with van der Waals surface area (Å²) in [7, 11) is 0. The van der Waals surface area contributed by atoms with E-state index in [4.69, 9.17) is 15.0 Å². The molecule has 0 aliphatic carbocycles. The third-order valence-corrected chi connectivity index (χ3v) is 3.36. The highest BCUT2D eigenvalue weighted by molar-refractivity contribution is 5.93. The molecule has 2 heterocycles. The van der Waals surface area contributed by atoms with Crippen LogP contribution in [0.25, 0.3) is 10.9 Å². The number of rotatable bonds is 5. The topological polar surface area (TPSA) is 140 Å². The Morgan fingerprint density at radius 3 is 2.48 bits per heavy atom. The number of pyridine rings is 1. The molecule has 5 N–H and O–H groups in total. The Morgan fingerprint density at radius 1 is 1.14 bits per heavy atom. The number of carboxylic acids is 1. The number of nitrogens with zero attached hydrogens (tertiary/aromatic N) is 2. The van der Waals surface area contributed by atoms with Gasteiger partial charge in [-0.1, -0.05) is 0 Å². The number of aliphatic hydroxyl groups is 1. The standard InChI is InChI=1S/C15H15N5O2.C2HF3O2/c21-6-5-17-15(22)14-8-12(3-4-16-14)19-11-1-2-13-10(7-11)9-18-20-13;3-2(4,5)1(6)7/h1-4,7-9,21H,5-6H2,(H,16,19)(H,17,22)(H,18,20);(H,6,7). The molecule has 0 aliphatic heterocycles. The number of amides is 1. The summed E-state index contributed by atoms with van der Waals surface area (Å²) in [6, 6.07) is 9.26. The number of carbonyl (C=O) groups is 2. The number of aromatic nitrogens is 3. The van der Waals surface area contributed by atoms with Crippen LogP contribution in [0.5, 0.6) is 0 Å². The lowest BCUT2D eigenvalue weighted by atomic mass is 10.2. The fraction of sp³-hybridized carbons (Fsp3) is 0.176. The zero-order valence-electron chi connectivity index (χ0n) is 14.7. The number of carbonyl (C=O) groups excluding carboxylic acids is 1. The maximum Gasteiger partial charge on any atom is 0.490 e. The van der Waals surface area contributed by atoms with E-state index in [-0.39, 0.29) is 19.1 Å². The third-order valence-electron chi connectivity index (χ3n) is 3.36. The van der Waals surface area contributed by atoms with E-state index in [0.29, 0.717) is 5.69 Å². The van der Waals surface area contributed by atoms with Gasteiger partial charge >= 0.3 is 12.1 Å². The lowest BCUT2D eigenvalue weighted by molar-refractivity contribution is -0.192. The van der Waals surface area contributed by atoms with Crippen LogP contribution in [0.3, 0.4) is 0 Å². The summed E-state index contributed by atoms with van der Waals surface area (Å²) in [5, 5.41) is 29.5. The van der Waals surface area contributed by atoms with Gasteiger partial charge < -0.3 is 20.8 Å². The van der Waals surface area contributed by atoms with Crippen LogP contribution in [0.2, 0.25) is 0 Å². The molecule has 29 heavy (non-hydrogen) atoms. The first-order valence-corrected chi connectivity index (χ1v) is 8.06. The number of anilines is 2. The number of benzene rings is 1. The molecule has 3 rings (SSSR count). The van der Waals surface area contributed by atoms with E-state index in [0.717, 1.165) is 22.3 Å². The largest absolute Gasteiger partial charge is 0.490 e. The van der Waals surface area contributed by atoms with Crippen LogP contribution in [-0.4, -0.2) is 56.6 Å². The van der Waals surface area contributed by atoms with Gasteiger partial charge in [-0.2, -0.15) is 18.3 Å². The molecule has 9 nitrogen and oxygen atoms in total. The average Bonchev–Trinajstić information content (AvgIpc) is 3.14. The average molecular weight is 411 g/mol. The van der Waals surface area contributed by atoms with Crippen molar-refractivity contribution in [2.24, 2.45) is 0 Å². The molecular formula is C17H16F3N5O4. The second-order valence-electron chi connectivity index (χ2n) is 5.51. The summed E-state index contributed by atoms with van der Waals surface area (Å²) in [5.74, 6) is -3.07. The van der Waals surface area contributed by atoms with Crippen LogP contribution < -0.4 is 10.6 Å². The van der Waals surface area contributed by atoms with Crippen molar-refractivity contribution in [3.63, 3.8) is 0 Å². The Hall–Kier alpha value is -3.67. The van der Waals surface area contributed by atoms with Crippen LogP contribution in [-0.2, 0) is 4.79 Å². The molecule has 12 heteroatoms. The second kappa shape index (κ2) is 9.50. The number of aromatic amines is 1. The quantitative estimate of drug-likeness (QED) is 0.433. The number of hydrogen-bond donors (Lipinski definition) is 5. The Labute approximate surface area is 161 Å². The Kier molecular flexibility index (Phi) is 7.09. The van der Waals surface area contributed by atoms with Gasteiger partial charge in [0.05, 0.1) is 18.3 Å². The van der Waals surface area contributed by atoms with Crippen molar-refractivity contribution in [3.8, 4) is 0 Å². The van der Waals surface area contributed by atoms with Crippen molar-refractivity contribution >= 4 is 34.2 Å². The van der Waals surface area contributed by atoms with Gasteiger partial charge in [0.1, 0.15) is 5.69 Å². The molecule has 0 aliphatic rings. The van der Waals surface area contributed by atoms with Gasteiger partial charge in [-0.25, -0.2) is 4.79 Å². The normalized spacial score (nSPS) is 10.8. The highest BCUT2D eigenvalue weighted by Gasteiger charge is 2.38. The maximum atomic E-state index is 11.8. The van der Waals surface area contributed by atoms with Crippen molar-refractivity contribution < 1.29 is 33.0 Å². The van der Waals surface area contributed by atoms with Gasteiger partial charge in [-0.05, 0) is 30.3 Å². The molecule has 3 aromatic rings. The van der Waals surface area contributed by atoms with E-state index in [9.17, 15) is 18.0 Å². The number of fused-ring (bicyclic) bond motifs is 1. The van der Waals surface area contributed by atoms with E-state index in [1.807, 2.05) is 18.2 Å². The monoisotopic (exact) mass is 411 g/mol. The van der Waals surface area contributed by atoms with Gasteiger partial charge in [0.15, 0.2) is 0 Å². The number of alkyl halides is 3. The first-order chi connectivity index (χ1) is 13.7. The summed E-state index contributed by atoms with van der Waals surface area (Å²) < 4.78 is 31.7. The van der Waals surface area contributed by atoms with Gasteiger partial charge in [0.25, 0.3) is 5.91 Å². The maximum absolute atomic E-state index is 11.8. The van der Waals surface area contributed by atoms with Crippen molar-refractivity contribution in [2.45, 2.75) is 6.18 Å². The van der Waals surface area contributed by atoms with E-state index < -0.39 is 12.1 Å². The molecule has 0 atom stereocenters. The Balaban J connectivity index is 0.000000370. The number of hydrogen-bond acceptors (Lipinski definition) is 6. The Morgan fingerprint density at radius 2 is 1.83 bits per heavy atom. The van der Waals surface area contributed by atoms with Gasteiger partial charge in [0.2, 0.25) is 0 Å². The number of aliphatic hydroxyl groups excluding tert-OH is 1. The number of H-pyrrole nitrogens is 1. The lowest BCUT2D eigenvalue weighted by Crippen LogP contribution is -2.27. The lowest BCUT2D eigenvalue weighted by Gasteiger charge is -2.08. The number of carboxylic acid groups (broad SMARTS) is 1. The van der Waals surface area contributed by atoms with Crippen molar-refractivity contribution in [1.29, 1.82) is 0 Å². The second-order valence-corrected chi connectivity index (χ2v) is 5.51. The minimum absolute atomic E-state index is 0.103. The molecule has 0 unspecified atom stereocenters. The Bertz CT molecular complexity index is 990. The zero-order valence-corrected chi connectivity index (χ0v) is 14.7. The van der Waals surface area contributed by atoms with E-state index in [2.05, 4.69) is 25.8 Å². The molecular weight excluding hydrogens is 395 g/mol. The molecule has 2 aromatic heterocycles. The van der Waals surface area contributed by atoms with Gasteiger partial charge in [-0.15, -0.1) is 0 Å². The van der Waals surface area contributed by atoms with E-state index in [1.165, 1.54) is 0 Å². The predicted octanol–water partition coefficient (Wildman–Crippen LogP) is 2.06. The van der Waals surface area contributed by atoms with Crippen LogP contribution in [0.15, 0.2) is 42.7 Å². The van der Waals surface area contributed by atoms with Gasteiger partial charge in [0, 0.05) is 29.5 Å².